The summed E-state index contributed by atoms with van der Waals surface area (Å²) in [7, 11) is 1.53. The molecule has 0 aromatic heterocycles. The van der Waals surface area contributed by atoms with Gasteiger partial charge in [0.15, 0.2) is 6.04 Å². The van der Waals surface area contributed by atoms with Gasteiger partial charge in [-0.25, -0.2) is 4.79 Å². The van der Waals surface area contributed by atoms with Crippen molar-refractivity contribution >= 4 is 23.6 Å². The lowest BCUT2D eigenvalue weighted by Crippen LogP contribution is -2.44. The lowest BCUT2D eigenvalue weighted by molar-refractivity contribution is -0.134. The molecule has 0 radical (unpaired) electrons. The molecule has 0 aliphatic carbocycles. The number of terminal acetylenes is 2. The molecule has 0 saturated carbocycles. The molecule has 2 N–H and O–H groups in total. The van der Waals surface area contributed by atoms with Crippen LogP contribution >= 0.6 is 0 Å². The van der Waals surface area contributed by atoms with Crippen LogP contribution in [0.15, 0.2) is 48.5 Å². The molecule has 0 aliphatic heterocycles. The zero-order valence-corrected chi connectivity index (χ0v) is 19.5. The summed E-state index contributed by atoms with van der Waals surface area (Å²) in [4.78, 5) is 39.2. The van der Waals surface area contributed by atoms with Gasteiger partial charge in [-0.05, 0) is 51.1 Å². The maximum absolute atomic E-state index is 13.4. The number of benzene rings is 2. The first-order valence-electron chi connectivity index (χ1n) is 10.3. The van der Waals surface area contributed by atoms with Crippen LogP contribution in [0, 0.1) is 24.8 Å². The highest BCUT2D eigenvalue weighted by atomic mass is 16.6. The summed E-state index contributed by atoms with van der Waals surface area (Å²) in [6.07, 6.45) is 10.5. The lowest BCUT2D eigenvalue weighted by atomic mass is 9.98. The third-order valence-corrected chi connectivity index (χ3v) is 4.47. The van der Waals surface area contributed by atoms with E-state index < -0.39 is 36.1 Å². The summed E-state index contributed by atoms with van der Waals surface area (Å²) in [5.41, 5.74) is 0.473. The minimum Gasteiger partial charge on any atom is -0.497 e. The zero-order chi connectivity index (χ0) is 25.3. The number of ether oxygens (including phenoxy) is 2. The van der Waals surface area contributed by atoms with E-state index in [9.17, 15) is 14.4 Å². The minimum absolute atomic E-state index is 0.361. The van der Waals surface area contributed by atoms with E-state index in [0.29, 0.717) is 22.6 Å². The van der Waals surface area contributed by atoms with Gasteiger partial charge in [0.1, 0.15) is 17.9 Å². The van der Waals surface area contributed by atoms with Crippen molar-refractivity contribution in [3.63, 3.8) is 0 Å². The molecule has 0 saturated heterocycles. The molecule has 0 fully saturated rings. The van der Waals surface area contributed by atoms with Crippen molar-refractivity contribution in [3.8, 4) is 30.6 Å². The fourth-order valence-corrected chi connectivity index (χ4v) is 2.99. The van der Waals surface area contributed by atoms with Gasteiger partial charge in [-0.1, -0.05) is 30.5 Å². The molecular weight excluding hydrogens is 434 g/mol. The second-order valence-corrected chi connectivity index (χ2v) is 8.10. The van der Waals surface area contributed by atoms with Crippen LogP contribution in [0.5, 0.6) is 5.75 Å². The average molecular weight is 462 g/mol. The van der Waals surface area contributed by atoms with Crippen molar-refractivity contribution in [1.82, 2.24) is 10.2 Å². The zero-order valence-electron chi connectivity index (χ0n) is 19.5. The number of methoxy groups -OCH3 is 1. The van der Waals surface area contributed by atoms with Crippen molar-refractivity contribution in [2.45, 2.75) is 32.4 Å². The molecule has 0 spiro atoms. The first kappa shape index (κ1) is 25.8. The summed E-state index contributed by atoms with van der Waals surface area (Å²) in [6.45, 7) is 4.60. The van der Waals surface area contributed by atoms with E-state index >= 15 is 0 Å². The lowest BCUT2D eigenvalue weighted by Gasteiger charge is -2.27. The van der Waals surface area contributed by atoms with Gasteiger partial charge in [0, 0.05) is 22.9 Å². The molecule has 2 aromatic carbocycles. The fraction of sp³-hybridized carbons (Fsp3) is 0.269. The average Bonchev–Trinajstić information content (AvgIpc) is 2.80. The van der Waals surface area contributed by atoms with Crippen LogP contribution in [-0.2, 0) is 14.3 Å². The molecule has 1 atom stereocenters. The van der Waals surface area contributed by atoms with Crippen molar-refractivity contribution in [1.29, 1.82) is 0 Å². The Balaban J connectivity index is 2.34. The van der Waals surface area contributed by atoms with Gasteiger partial charge < -0.3 is 20.1 Å². The van der Waals surface area contributed by atoms with Crippen LogP contribution in [0.1, 0.15) is 37.9 Å². The molecule has 1 unspecified atom stereocenters. The molecule has 2 rings (SSSR count). The first-order chi connectivity index (χ1) is 16.1. The monoisotopic (exact) mass is 461 g/mol. The number of carbonyl (C=O) groups excluding carboxylic acids is 3. The van der Waals surface area contributed by atoms with Gasteiger partial charge in [-0.2, -0.15) is 0 Å². The summed E-state index contributed by atoms with van der Waals surface area (Å²) in [5.74, 6) is 1.84. The Morgan fingerprint density at radius 1 is 1.06 bits per heavy atom. The van der Waals surface area contributed by atoms with Gasteiger partial charge in [0.25, 0.3) is 11.8 Å². The molecule has 8 heteroatoms. The smallest absolute Gasteiger partial charge is 0.408 e. The van der Waals surface area contributed by atoms with Crippen molar-refractivity contribution < 1.29 is 23.9 Å². The molecule has 0 bridgehead atoms. The molecule has 34 heavy (non-hydrogen) atoms. The van der Waals surface area contributed by atoms with Crippen molar-refractivity contribution in [3.05, 3.63) is 59.7 Å². The Hall–Kier alpha value is -4.43. The van der Waals surface area contributed by atoms with E-state index in [1.807, 2.05) is 0 Å². The predicted molar refractivity (Wildman–Crippen MR) is 129 cm³/mol. The highest BCUT2D eigenvalue weighted by Gasteiger charge is 2.32. The van der Waals surface area contributed by atoms with Crippen molar-refractivity contribution in [2.24, 2.45) is 0 Å². The number of hydrogen-bond acceptors (Lipinski definition) is 5. The largest absolute Gasteiger partial charge is 0.497 e. The van der Waals surface area contributed by atoms with Gasteiger partial charge in [0.2, 0.25) is 0 Å². The summed E-state index contributed by atoms with van der Waals surface area (Å²) >= 11 is 0. The highest BCUT2D eigenvalue weighted by Crippen LogP contribution is 2.26. The van der Waals surface area contributed by atoms with E-state index in [1.54, 1.807) is 69.3 Å². The maximum Gasteiger partial charge on any atom is 0.408 e. The molecule has 3 amide bonds. The number of rotatable bonds is 7. The third-order valence-electron chi connectivity index (χ3n) is 4.47. The summed E-state index contributed by atoms with van der Waals surface area (Å²) < 4.78 is 10.3. The number of amides is 3. The molecule has 176 valence electrons. The fourth-order valence-electron chi connectivity index (χ4n) is 2.99. The Kier molecular flexibility index (Phi) is 8.69. The minimum atomic E-state index is -1.26. The second-order valence-electron chi connectivity index (χ2n) is 8.10. The molecule has 2 aromatic rings. The predicted octanol–water partition coefficient (Wildman–Crippen LogP) is 3.30. The van der Waals surface area contributed by atoms with E-state index in [-0.39, 0.29) is 0 Å². The van der Waals surface area contributed by atoms with Crippen LogP contribution < -0.4 is 15.4 Å². The molecule has 0 aliphatic rings. The Labute approximate surface area is 199 Å². The number of nitrogens with one attached hydrogen (secondary N) is 2. The third kappa shape index (κ3) is 7.04. The van der Waals surface area contributed by atoms with E-state index in [2.05, 4.69) is 22.6 Å². The standard InChI is InChI=1S/C26H27N3O5/c1-7-18-11-9-10-12-21(18)23(24(31)28-19-13-15-20(33-6)16-14-19)29(8-2)22(30)17-27-25(32)34-26(3,4)5/h1-2,9-16,23H,17H2,3-6H3,(H,27,32)(H,28,31). The van der Waals surface area contributed by atoms with Crippen LogP contribution in [0.4, 0.5) is 10.5 Å². The molecule has 8 nitrogen and oxygen atoms in total. The second kappa shape index (κ2) is 11.4. The number of hydrogen-bond donors (Lipinski definition) is 2. The number of nitrogens with zero attached hydrogens (tertiary/aromatic N) is 1. The van der Waals surface area contributed by atoms with Gasteiger partial charge in [-0.3, -0.25) is 14.5 Å². The van der Waals surface area contributed by atoms with Gasteiger partial charge in [-0.15, -0.1) is 6.42 Å². The van der Waals surface area contributed by atoms with Crippen LogP contribution in [0.2, 0.25) is 0 Å². The summed E-state index contributed by atoms with van der Waals surface area (Å²) in [5, 5.41) is 5.10. The van der Waals surface area contributed by atoms with Crippen LogP contribution in [-0.4, -0.2) is 42.1 Å². The Morgan fingerprint density at radius 3 is 2.26 bits per heavy atom. The van der Waals surface area contributed by atoms with Crippen LogP contribution in [0.25, 0.3) is 0 Å². The molecule has 0 heterocycles. The molecular formula is C26H27N3O5. The van der Waals surface area contributed by atoms with E-state index in [0.717, 1.165) is 4.90 Å². The van der Waals surface area contributed by atoms with Crippen LogP contribution in [0.3, 0.4) is 0 Å². The first-order valence-corrected chi connectivity index (χ1v) is 10.3. The van der Waals surface area contributed by atoms with Crippen molar-refractivity contribution in [2.75, 3.05) is 19.0 Å². The quantitative estimate of drug-likeness (QED) is 0.487. The Bertz CT molecular complexity index is 1120. The summed E-state index contributed by atoms with van der Waals surface area (Å²) in [6, 6.07) is 14.3. The maximum atomic E-state index is 13.4. The number of alkyl carbamates (subject to hydrolysis) is 1. The number of carbonyl (C=O) groups is 3. The highest BCUT2D eigenvalue weighted by molar-refractivity contribution is 5.99. The number of anilines is 1. The SMILES string of the molecule is C#Cc1ccccc1C(C(=O)Nc1ccc(OC)cc1)N(C#C)C(=O)CNC(=O)OC(C)(C)C. The Morgan fingerprint density at radius 2 is 1.71 bits per heavy atom. The van der Waals surface area contributed by atoms with E-state index in [1.165, 1.54) is 7.11 Å². The normalized spacial score (nSPS) is 11.2. The van der Waals surface area contributed by atoms with Gasteiger partial charge in [0.05, 0.1) is 7.11 Å². The van der Waals surface area contributed by atoms with E-state index in [4.69, 9.17) is 22.3 Å². The topological polar surface area (TPSA) is 97.0 Å². The van der Waals surface area contributed by atoms with Gasteiger partial charge >= 0.3 is 6.09 Å².